The molecule has 20 heavy (non-hydrogen) atoms. The Morgan fingerprint density at radius 2 is 2.00 bits per heavy atom. The highest BCUT2D eigenvalue weighted by Crippen LogP contribution is 2.30. The number of rotatable bonds is 5. The number of pyridine rings is 1. The molecule has 0 unspecified atom stereocenters. The summed E-state index contributed by atoms with van der Waals surface area (Å²) < 4.78 is 5.62. The van der Waals surface area contributed by atoms with Crippen LogP contribution < -0.4 is 10.1 Å². The predicted octanol–water partition coefficient (Wildman–Crippen LogP) is 3.45. The zero-order valence-electron chi connectivity index (χ0n) is 11.7. The van der Waals surface area contributed by atoms with Gasteiger partial charge in [-0.05, 0) is 38.1 Å². The maximum absolute atomic E-state index is 9.09. The van der Waals surface area contributed by atoms with Crippen molar-refractivity contribution in [2.75, 3.05) is 18.5 Å². The minimum absolute atomic E-state index is 0.546. The van der Waals surface area contributed by atoms with E-state index in [1.165, 1.54) is 0 Å². The van der Waals surface area contributed by atoms with Crippen LogP contribution in [0.15, 0.2) is 36.4 Å². The minimum atomic E-state index is 0.546. The molecule has 2 rings (SSSR count). The van der Waals surface area contributed by atoms with E-state index in [-0.39, 0.29) is 0 Å². The summed E-state index contributed by atoms with van der Waals surface area (Å²) in [6.07, 6.45) is 0. The highest BCUT2D eigenvalue weighted by molar-refractivity contribution is 5.70. The number of nitriles is 1. The highest BCUT2D eigenvalue weighted by Gasteiger charge is 2.10. The molecule has 0 saturated heterocycles. The topological polar surface area (TPSA) is 57.9 Å². The summed E-state index contributed by atoms with van der Waals surface area (Å²) in [5, 5.41) is 12.2. The minimum Gasteiger partial charge on any atom is -0.493 e. The molecule has 0 amide bonds. The molecule has 102 valence electrons. The van der Waals surface area contributed by atoms with Crippen molar-refractivity contribution in [1.29, 1.82) is 5.26 Å². The molecule has 0 bridgehead atoms. The van der Waals surface area contributed by atoms with Gasteiger partial charge in [0.05, 0.1) is 17.9 Å². The van der Waals surface area contributed by atoms with Gasteiger partial charge in [0.2, 0.25) is 0 Å². The van der Waals surface area contributed by atoms with Gasteiger partial charge in [0.1, 0.15) is 17.6 Å². The van der Waals surface area contributed by atoms with Gasteiger partial charge >= 0.3 is 0 Å². The highest BCUT2D eigenvalue weighted by atomic mass is 16.5. The first-order valence-electron chi connectivity index (χ1n) is 6.67. The fourth-order valence-electron chi connectivity index (χ4n) is 1.96. The number of hydrogen-bond acceptors (Lipinski definition) is 4. The van der Waals surface area contributed by atoms with Crippen LogP contribution in [0.4, 0.5) is 5.82 Å². The Labute approximate surface area is 119 Å². The maximum atomic E-state index is 9.09. The van der Waals surface area contributed by atoms with Crippen molar-refractivity contribution in [1.82, 2.24) is 4.98 Å². The van der Waals surface area contributed by atoms with E-state index >= 15 is 0 Å². The van der Waals surface area contributed by atoms with Crippen molar-refractivity contribution in [3.05, 3.63) is 42.0 Å². The first-order valence-corrected chi connectivity index (χ1v) is 6.67. The summed E-state index contributed by atoms with van der Waals surface area (Å²) in [5.41, 5.74) is 2.27. The molecule has 0 aliphatic rings. The van der Waals surface area contributed by atoms with E-state index in [0.29, 0.717) is 18.0 Å². The van der Waals surface area contributed by atoms with E-state index in [1.54, 1.807) is 6.07 Å². The molecule has 0 saturated carbocycles. The summed E-state index contributed by atoms with van der Waals surface area (Å²) in [6.45, 7) is 5.25. The second-order valence-corrected chi connectivity index (χ2v) is 4.16. The van der Waals surface area contributed by atoms with Gasteiger partial charge in [-0.15, -0.1) is 0 Å². The van der Waals surface area contributed by atoms with Crippen LogP contribution in [-0.4, -0.2) is 18.1 Å². The maximum Gasteiger partial charge on any atom is 0.144 e. The Morgan fingerprint density at radius 3 is 2.70 bits per heavy atom. The van der Waals surface area contributed by atoms with Gasteiger partial charge < -0.3 is 10.1 Å². The lowest BCUT2D eigenvalue weighted by Crippen LogP contribution is -2.03. The molecular formula is C16H17N3O. The molecule has 0 fully saturated rings. The Hall–Kier alpha value is -2.54. The molecule has 1 N–H and O–H groups in total. The molecule has 0 aliphatic heterocycles. The molecule has 0 radical (unpaired) electrons. The van der Waals surface area contributed by atoms with Gasteiger partial charge in [-0.1, -0.05) is 12.1 Å². The SMILES string of the molecule is CCNc1nc(-c2ccccc2OCC)ccc1C#N. The van der Waals surface area contributed by atoms with Gasteiger partial charge in [-0.2, -0.15) is 5.26 Å². The third-order valence-corrected chi connectivity index (χ3v) is 2.82. The Morgan fingerprint density at radius 1 is 1.20 bits per heavy atom. The molecule has 1 aromatic heterocycles. The van der Waals surface area contributed by atoms with E-state index in [0.717, 1.165) is 23.6 Å². The lowest BCUT2D eigenvalue weighted by atomic mass is 10.1. The fraction of sp³-hybridized carbons (Fsp3) is 0.250. The Kier molecular flexibility index (Phi) is 4.56. The number of anilines is 1. The number of aromatic nitrogens is 1. The predicted molar refractivity (Wildman–Crippen MR) is 79.7 cm³/mol. The van der Waals surface area contributed by atoms with Crippen molar-refractivity contribution in [3.8, 4) is 23.1 Å². The number of para-hydroxylation sites is 1. The molecule has 0 aliphatic carbocycles. The zero-order valence-corrected chi connectivity index (χ0v) is 11.7. The van der Waals surface area contributed by atoms with E-state index in [4.69, 9.17) is 10.00 Å². The molecule has 1 heterocycles. The first kappa shape index (κ1) is 13.9. The second kappa shape index (κ2) is 6.58. The lowest BCUT2D eigenvalue weighted by Gasteiger charge is -2.11. The quantitative estimate of drug-likeness (QED) is 0.901. The first-order chi connectivity index (χ1) is 9.80. The van der Waals surface area contributed by atoms with E-state index in [2.05, 4.69) is 16.4 Å². The van der Waals surface area contributed by atoms with Gasteiger partial charge in [0.25, 0.3) is 0 Å². The van der Waals surface area contributed by atoms with Crippen LogP contribution >= 0.6 is 0 Å². The van der Waals surface area contributed by atoms with Crippen LogP contribution in [0.25, 0.3) is 11.3 Å². The zero-order chi connectivity index (χ0) is 14.4. The van der Waals surface area contributed by atoms with Crippen LogP contribution in [0.1, 0.15) is 19.4 Å². The Balaban J connectivity index is 2.48. The number of hydrogen-bond donors (Lipinski definition) is 1. The summed E-state index contributed by atoms with van der Waals surface area (Å²) >= 11 is 0. The van der Waals surface area contributed by atoms with Crippen LogP contribution in [0.5, 0.6) is 5.75 Å². The average Bonchev–Trinajstić information content (AvgIpc) is 2.48. The van der Waals surface area contributed by atoms with Crippen LogP contribution in [0.3, 0.4) is 0 Å². The van der Waals surface area contributed by atoms with Crippen LogP contribution in [-0.2, 0) is 0 Å². The van der Waals surface area contributed by atoms with Crippen molar-refractivity contribution in [2.45, 2.75) is 13.8 Å². The van der Waals surface area contributed by atoms with Gasteiger partial charge in [-0.25, -0.2) is 4.98 Å². The van der Waals surface area contributed by atoms with Gasteiger partial charge in [-0.3, -0.25) is 0 Å². The second-order valence-electron chi connectivity index (χ2n) is 4.16. The van der Waals surface area contributed by atoms with Crippen molar-refractivity contribution >= 4 is 5.82 Å². The molecule has 0 atom stereocenters. The fourth-order valence-corrected chi connectivity index (χ4v) is 1.96. The standard InChI is InChI=1S/C16H17N3O/c1-3-18-16-12(11-17)9-10-14(19-16)13-7-5-6-8-15(13)20-4-2/h5-10H,3-4H2,1-2H3,(H,18,19). The molecule has 4 nitrogen and oxygen atoms in total. The molecule has 1 aromatic carbocycles. The largest absolute Gasteiger partial charge is 0.493 e. The van der Waals surface area contributed by atoms with Crippen molar-refractivity contribution in [2.24, 2.45) is 0 Å². The lowest BCUT2D eigenvalue weighted by molar-refractivity contribution is 0.341. The summed E-state index contributed by atoms with van der Waals surface area (Å²) in [5.74, 6) is 1.41. The molecule has 2 aromatic rings. The van der Waals surface area contributed by atoms with E-state index in [9.17, 15) is 0 Å². The summed E-state index contributed by atoms with van der Waals surface area (Å²) in [7, 11) is 0. The van der Waals surface area contributed by atoms with Crippen LogP contribution in [0, 0.1) is 11.3 Å². The molecule has 0 spiro atoms. The molecular weight excluding hydrogens is 250 g/mol. The summed E-state index contributed by atoms with van der Waals surface area (Å²) in [4.78, 5) is 4.53. The van der Waals surface area contributed by atoms with E-state index < -0.39 is 0 Å². The molecule has 4 heteroatoms. The summed E-state index contributed by atoms with van der Waals surface area (Å²) in [6, 6.07) is 13.5. The smallest absolute Gasteiger partial charge is 0.144 e. The number of nitrogens with zero attached hydrogens (tertiary/aromatic N) is 2. The third kappa shape index (κ3) is 2.89. The average molecular weight is 267 g/mol. The number of ether oxygens (including phenoxy) is 1. The normalized spacial score (nSPS) is 9.85. The number of nitrogens with one attached hydrogen (secondary N) is 1. The van der Waals surface area contributed by atoms with Crippen molar-refractivity contribution in [3.63, 3.8) is 0 Å². The van der Waals surface area contributed by atoms with Crippen LogP contribution in [0.2, 0.25) is 0 Å². The van der Waals surface area contributed by atoms with E-state index in [1.807, 2.05) is 44.2 Å². The van der Waals surface area contributed by atoms with Gasteiger partial charge in [0, 0.05) is 12.1 Å². The third-order valence-electron chi connectivity index (χ3n) is 2.82. The Bertz CT molecular complexity index is 632. The van der Waals surface area contributed by atoms with Gasteiger partial charge in [0.15, 0.2) is 0 Å². The monoisotopic (exact) mass is 267 g/mol. The number of benzene rings is 1. The van der Waals surface area contributed by atoms with Crippen molar-refractivity contribution < 1.29 is 4.74 Å².